The summed E-state index contributed by atoms with van der Waals surface area (Å²) in [5.74, 6) is 0.587. The minimum absolute atomic E-state index is 0.131. The number of hydrogen-bond donors (Lipinski definition) is 3. The number of nitrogen functional groups attached to an aromatic ring is 1. The number of nitrogens with two attached hydrogens (primary N) is 1. The Hall–Kier alpha value is -2.41. The van der Waals surface area contributed by atoms with E-state index in [9.17, 15) is 4.79 Å². The Morgan fingerprint density at radius 2 is 2.14 bits per heavy atom. The maximum Gasteiger partial charge on any atom is 0.242 e. The quantitative estimate of drug-likeness (QED) is 0.679. The molecule has 0 bridgehead atoms. The van der Waals surface area contributed by atoms with E-state index in [1.807, 2.05) is 24.3 Å². The average Bonchev–Trinajstić information content (AvgIpc) is 2.47. The van der Waals surface area contributed by atoms with Gasteiger partial charge in [0.1, 0.15) is 11.9 Å². The van der Waals surface area contributed by atoms with Gasteiger partial charge in [0.2, 0.25) is 11.9 Å². The summed E-state index contributed by atoms with van der Waals surface area (Å²) in [7, 11) is 1.59. The fourth-order valence-corrected chi connectivity index (χ4v) is 1.90. The van der Waals surface area contributed by atoms with Gasteiger partial charge in [-0.05, 0) is 19.1 Å². The summed E-state index contributed by atoms with van der Waals surface area (Å²) in [5.41, 5.74) is 6.43. The summed E-state index contributed by atoms with van der Waals surface area (Å²) in [6.45, 7) is 2.70. The van der Waals surface area contributed by atoms with Gasteiger partial charge < -0.3 is 21.1 Å². The van der Waals surface area contributed by atoms with Crippen molar-refractivity contribution < 1.29 is 9.53 Å². The minimum Gasteiger partial charge on any atom is -0.383 e. The smallest absolute Gasteiger partial charge is 0.242 e. The average molecular weight is 289 g/mol. The van der Waals surface area contributed by atoms with Gasteiger partial charge in [0.05, 0.1) is 12.1 Å². The van der Waals surface area contributed by atoms with Crippen molar-refractivity contribution in [3.05, 3.63) is 24.3 Å². The van der Waals surface area contributed by atoms with Crippen molar-refractivity contribution in [1.29, 1.82) is 0 Å². The molecule has 0 aliphatic rings. The van der Waals surface area contributed by atoms with Gasteiger partial charge in [0.15, 0.2) is 0 Å². The summed E-state index contributed by atoms with van der Waals surface area (Å²) in [4.78, 5) is 20.3. The molecular weight excluding hydrogens is 270 g/mol. The number of ether oxygens (including phenoxy) is 1. The molecule has 4 N–H and O–H groups in total. The van der Waals surface area contributed by atoms with Crippen LogP contribution < -0.4 is 16.4 Å². The number of methoxy groups -OCH3 is 1. The number of anilines is 2. The first kappa shape index (κ1) is 15.0. The van der Waals surface area contributed by atoms with E-state index in [2.05, 4.69) is 20.6 Å². The monoisotopic (exact) mass is 289 g/mol. The molecule has 7 heteroatoms. The van der Waals surface area contributed by atoms with Gasteiger partial charge in [-0.3, -0.25) is 4.79 Å². The number of carbonyl (C=O) groups excluding carboxylic acids is 1. The number of amides is 1. The SMILES string of the molecule is COCCNC(=O)C(C)Nc1nc(N)nc2ccccc12. The Balaban J connectivity index is 2.13. The molecule has 0 radical (unpaired) electrons. The van der Waals surface area contributed by atoms with Gasteiger partial charge in [-0.2, -0.15) is 4.98 Å². The van der Waals surface area contributed by atoms with Gasteiger partial charge in [0, 0.05) is 19.0 Å². The zero-order chi connectivity index (χ0) is 15.2. The van der Waals surface area contributed by atoms with Crippen LogP contribution in [0.25, 0.3) is 10.9 Å². The van der Waals surface area contributed by atoms with Crippen LogP contribution in [-0.4, -0.2) is 42.2 Å². The Kier molecular flexibility index (Phi) is 4.89. The third-order valence-corrected chi connectivity index (χ3v) is 2.97. The molecular formula is C14H19N5O2. The van der Waals surface area contributed by atoms with Crippen LogP contribution in [0.1, 0.15) is 6.92 Å². The third kappa shape index (κ3) is 3.79. The largest absolute Gasteiger partial charge is 0.383 e. The molecule has 0 spiro atoms. The summed E-state index contributed by atoms with van der Waals surface area (Å²) >= 11 is 0. The molecule has 1 heterocycles. The summed E-state index contributed by atoms with van der Waals surface area (Å²) in [6, 6.07) is 7.05. The van der Waals surface area contributed by atoms with E-state index in [1.54, 1.807) is 14.0 Å². The molecule has 0 saturated carbocycles. The zero-order valence-corrected chi connectivity index (χ0v) is 12.1. The minimum atomic E-state index is -0.445. The second kappa shape index (κ2) is 6.85. The zero-order valence-electron chi connectivity index (χ0n) is 12.1. The van der Waals surface area contributed by atoms with Gasteiger partial charge in [-0.1, -0.05) is 12.1 Å². The first-order valence-electron chi connectivity index (χ1n) is 6.67. The van der Waals surface area contributed by atoms with Crippen LogP contribution in [0.3, 0.4) is 0 Å². The van der Waals surface area contributed by atoms with Crippen LogP contribution in [0.4, 0.5) is 11.8 Å². The van der Waals surface area contributed by atoms with Crippen molar-refractivity contribution in [2.45, 2.75) is 13.0 Å². The molecule has 1 atom stereocenters. The van der Waals surface area contributed by atoms with E-state index >= 15 is 0 Å². The van der Waals surface area contributed by atoms with Crippen LogP contribution in [0.15, 0.2) is 24.3 Å². The van der Waals surface area contributed by atoms with Crippen LogP contribution in [0, 0.1) is 0 Å². The lowest BCUT2D eigenvalue weighted by Crippen LogP contribution is -2.39. The molecule has 112 valence electrons. The maximum atomic E-state index is 11.9. The molecule has 2 rings (SSSR count). The molecule has 0 aliphatic carbocycles. The van der Waals surface area contributed by atoms with Crippen LogP contribution in [-0.2, 0) is 9.53 Å². The maximum absolute atomic E-state index is 11.9. The molecule has 1 aromatic carbocycles. The Bertz CT molecular complexity index is 632. The van der Waals surface area contributed by atoms with Gasteiger partial charge in [-0.15, -0.1) is 0 Å². The molecule has 0 aliphatic heterocycles. The number of nitrogens with zero attached hydrogens (tertiary/aromatic N) is 2. The normalized spacial score (nSPS) is 12.1. The second-order valence-electron chi connectivity index (χ2n) is 4.60. The highest BCUT2D eigenvalue weighted by molar-refractivity contribution is 5.92. The van der Waals surface area contributed by atoms with Crippen LogP contribution >= 0.6 is 0 Å². The molecule has 2 aromatic rings. The predicted molar refractivity (Wildman–Crippen MR) is 81.9 cm³/mol. The van der Waals surface area contributed by atoms with Crippen LogP contribution in [0.2, 0.25) is 0 Å². The lowest BCUT2D eigenvalue weighted by atomic mass is 10.2. The number of carbonyl (C=O) groups is 1. The van der Waals surface area contributed by atoms with E-state index < -0.39 is 6.04 Å². The number of benzene rings is 1. The standard InChI is InChI=1S/C14H19N5O2/c1-9(13(20)16-7-8-21-2)17-12-10-5-3-4-6-11(10)18-14(15)19-12/h3-6,9H,7-8H2,1-2H3,(H,16,20)(H3,15,17,18,19). The van der Waals surface area contributed by atoms with Crippen molar-refractivity contribution in [3.8, 4) is 0 Å². The Morgan fingerprint density at radius 3 is 2.90 bits per heavy atom. The van der Waals surface area contributed by atoms with Crippen LogP contribution in [0.5, 0.6) is 0 Å². The lowest BCUT2D eigenvalue weighted by Gasteiger charge is -2.16. The highest BCUT2D eigenvalue weighted by Crippen LogP contribution is 2.21. The second-order valence-corrected chi connectivity index (χ2v) is 4.60. The number of fused-ring (bicyclic) bond motifs is 1. The summed E-state index contributed by atoms with van der Waals surface area (Å²) in [6.07, 6.45) is 0. The van der Waals surface area contributed by atoms with Gasteiger partial charge >= 0.3 is 0 Å². The van der Waals surface area contributed by atoms with E-state index in [1.165, 1.54) is 0 Å². The third-order valence-electron chi connectivity index (χ3n) is 2.97. The molecule has 7 nitrogen and oxygen atoms in total. The fourth-order valence-electron chi connectivity index (χ4n) is 1.90. The van der Waals surface area contributed by atoms with Crippen molar-refractivity contribution in [3.63, 3.8) is 0 Å². The molecule has 21 heavy (non-hydrogen) atoms. The first-order valence-corrected chi connectivity index (χ1v) is 6.67. The van der Waals surface area contributed by atoms with E-state index in [0.29, 0.717) is 19.0 Å². The molecule has 1 unspecified atom stereocenters. The molecule has 1 amide bonds. The highest BCUT2D eigenvalue weighted by atomic mass is 16.5. The summed E-state index contributed by atoms with van der Waals surface area (Å²) < 4.78 is 4.89. The Labute approximate surface area is 122 Å². The number of para-hydroxylation sites is 1. The predicted octanol–water partition coefficient (Wildman–Crippen LogP) is 0.775. The highest BCUT2D eigenvalue weighted by Gasteiger charge is 2.14. The van der Waals surface area contributed by atoms with Crippen molar-refractivity contribution in [1.82, 2.24) is 15.3 Å². The van der Waals surface area contributed by atoms with Crippen molar-refractivity contribution >= 4 is 28.6 Å². The van der Waals surface area contributed by atoms with E-state index in [4.69, 9.17) is 10.5 Å². The number of aromatic nitrogens is 2. The number of nitrogens with one attached hydrogen (secondary N) is 2. The number of hydrogen-bond acceptors (Lipinski definition) is 6. The topological polar surface area (TPSA) is 102 Å². The first-order chi connectivity index (χ1) is 10.1. The summed E-state index contributed by atoms with van der Waals surface area (Å²) in [5, 5.41) is 6.66. The molecule has 0 saturated heterocycles. The lowest BCUT2D eigenvalue weighted by molar-refractivity contribution is -0.121. The number of rotatable bonds is 6. The van der Waals surface area contributed by atoms with E-state index in [0.717, 1.165) is 10.9 Å². The van der Waals surface area contributed by atoms with Gasteiger partial charge in [-0.25, -0.2) is 4.98 Å². The van der Waals surface area contributed by atoms with Gasteiger partial charge in [0.25, 0.3) is 0 Å². The van der Waals surface area contributed by atoms with E-state index in [-0.39, 0.29) is 11.9 Å². The molecule has 0 fully saturated rings. The fraction of sp³-hybridized carbons (Fsp3) is 0.357. The van der Waals surface area contributed by atoms with Crippen molar-refractivity contribution in [2.24, 2.45) is 0 Å². The van der Waals surface area contributed by atoms with Crippen molar-refractivity contribution in [2.75, 3.05) is 31.3 Å². The Morgan fingerprint density at radius 1 is 1.38 bits per heavy atom. The molecule has 1 aromatic heterocycles.